The van der Waals surface area contributed by atoms with Crippen LogP contribution in [0.2, 0.25) is 0 Å². The number of piperidine rings is 1. The van der Waals surface area contributed by atoms with Crippen molar-refractivity contribution in [1.82, 2.24) is 20.0 Å². The monoisotopic (exact) mass is 384 g/mol. The number of hydrogen-bond acceptors (Lipinski definition) is 5. The SMILES string of the molecule is COc1ccccc1-n1cc(C(=O)N2CC3(CCNCC3)C[C@H]2C(=O)O)cn1. The average molecular weight is 384 g/mol. The Morgan fingerprint density at radius 3 is 2.75 bits per heavy atom. The number of benzene rings is 1. The van der Waals surface area contributed by atoms with Crippen molar-refractivity contribution in [1.29, 1.82) is 0 Å². The van der Waals surface area contributed by atoms with Gasteiger partial charge in [0.25, 0.3) is 5.91 Å². The number of nitrogens with zero attached hydrogens (tertiary/aromatic N) is 3. The second kappa shape index (κ2) is 7.27. The highest BCUT2D eigenvalue weighted by atomic mass is 16.5. The number of carboxylic acids is 1. The van der Waals surface area contributed by atoms with Gasteiger partial charge in [0.15, 0.2) is 0 Å². The molecule has 8 nitrogen and oxygen atoms in total. The number of methoxy groups -OCH3 is 1. The molecule has 0 bridgehead atoms. The van der Waals surface area contributed by atoms with Crippen molar-refractivity contribution in [2.75, 3.05) is 26.7 Å². The van der Waals surface area contributed by atoms with Gasteiger partial charge < -0.3 is 20.1 Å². The second-order valence-corrected chi connectivity index (χ2v) is 7.59. The topological polar surface area (TPSA) is 96.7 Å². The summed E-state index contributed by atoms with van der Waals surface area (Å²) >= 11 is 0. The molecule has 2 aromatic rings. The van der Waals surface area contributed by atoms with E-state index in [4.69, 9.17) is 4.74 Å². The number of aromatic nitrogens is 2. The summed E-state index contributed by atoms with van der Waals surface area (Å²) in [5.74, 6) is -0.590. The van der Waals surface area contributed by atoms with E-state index in [0.29, 0.717) is 24.3 Å². The van der Waals surface area contributed by atoms with Crippen LogP contribution < -0.4 is 10.1 Å². The predicted octanol–water partition coefficient (Wildman–Crippen LogP) is 1.55. The highest BCUT2D eigenvalue weighted by Gasteiger charge is 2.49. The van der Waals surface area contributed by atoms with Crippen LogP contribution in [0.15, 0.2) is 36.7 Å². The maximum atomic E-state index is 13.1. The van der Waals surface area contributed by atoms with Crippen molar-refractivity contribution in [3.05, 3.63) is 42.2 Å². The standard InChI is InChI=1S/C20H24N4O4/c1-28-17-5-3-2-4-15(17)24-12-14(11-22-24)18(25)23-13-20(6-8-21-9-7-20)10-16(23)19(26)27/h2-5,11-12,16,21H,6-10,13H2,1H3,(H,26,27)/t16-/m0/s1. The number of likely N-dealkylation sites (tertiary alicyclic amines) is 1. The smallest absolute Gasteiger partial charge is 0.326 e. The first-order valence-corrected chi connectivity index (χ1v) is 9.46. The second-order valence-electron chi connectivity index (χ2n) is 7.59. The van der Waals surface area contributed by atoms with Gasteiger partial charge in [-0.2, -0.15) is 5.10 Å². The van der Waals surface area contributed by atoms with Crippen molar-refractivity contribution >= 4 is 11.9 Å². The van der Waals surface area contributed by atoms with Crippen LogP contribution in [0.25, 0.3) is 5.69 Å². The Morgan fingerprint density at radius 2 is 2.04 bits per heavy atom. The predicted molar refractivity (Wildman–Crippen MR) is 102 cm³/mol. The zero-order valence-electron chi connectivity index (χ0n) is 15.8. The third-order valence-electron chi connectivity index (χ3n) is 5.88. The summed E-state index contributed by atoms with van der Waals surface area (Å²) in [6.07, 6.45) is 5.41. The molecule has 0 radical (unpaired) electrons. The Labute approximate surface area is 163 Å². The molecular formula is C20H24N4O4. The molecule has 28 heavy (non-hydrogen) atoms. The first kappa shape index (κ1) is 18.5. The van der Waals surface area contributed by atoms with Gasteiger partial charge in [0.05, 0.1) is 18.9 Å². The molecule has 2 N–H and O–H groups in total. The van der Waals surface area contributed by atoms with Crippen molar-refractivity contribution in [3.63, 3.8) is 0 Å². The van der Waals surface area contributed by atoms with Crippen LogP contribution in [0.3, 0.4) is 0 Å². The van der Waals surface area contributed by atoms with E-state index in [2.05, 4.69) is 10.4 Å². The molecule has 0 unspecified atom stereocenters. The Morgan fingerprint density at radius 1 is 1.29 bits per heavy atom. The molecule has 0 aliphatic carbocycles. The minimum atomic E-state index is -0.944. The fourth-order valence-corrected chi connectivity index (χ4v) is 4.36. The minimum Gasteiger partial charge on any atom is -0.494 e. The number of carbonyl (C=O) groups is 2. The van der Waals surface area contributed by atoms with Crippen LogP contribution in [0.4, 0.5) is 0 Å². The molecule has 148 valence electrons. The maximum absolute atomic E-state index is 13.1. The maximum Gasteiger partial charge on any atom is 0.326 e. The number of ether oxygens (including phenoxy) is 1. The minimum absolute atomic E-state index is 0.109. The third-order valence-corrected chi connectivity index (χ3v) is 5.88. The lowest BCUT2D eigenvalue weighted by molar-refractivity contribution is -0.141. The normalized spacial score (nSPS) is 21.0. The molecular weight excluding hydrogens is 360 g/mol. The van der Waals surface area contributed by atoms with Gasteiger partial charge in [-0.3, -0.25) is 4.79 Å². The lowest BCUT2D eigenvalue weighted by atomic mass is 9.77. The lowest BCUT2D eigenvalue weighted by Gasteiger charge is -2.33. The van der Waals surface area contributed by atoms with E-state index in [9.17, 15) is 14.7 Å². The molecule has 1 amide bonds. The Bertz CT molecular complexity index is 888. The zero-order valence-corrected chi connectivity index (χ0v) is 15.8. The summed E-state index contributed by atoms with van der Waals surface area (Å²) in [7, 11) is 1.58. The van der Waals surface area contributed by atoms with Crippen LogP contribution in [0, 0.1) is 5.41 Å². The lowest BCUT2D eigenvalue weighted by Crippen LogP contribution is -2.41. The fourth-order valence-electron chi connectivity index (χ4n) is 4.36. The number of hydrogen-bond donors (Lipinski definition) is 2. The first-order chi connectivity index (χ1) is 13.5. The Balaban J connectivity index is 1.60. The van der Waals surface area contributed by atoms with E-state index in [-0.39, 0.29) is 11.3 Å². The molecule has 2 aliphatic rings. The molecule has 2 saturated heterocycles. The molecule has 1 aromatic carbocycles. The summed E-state index contributed by atoms with van der Waals surface area (Å²) in [6.45, 7) is 2.20. The van der Waals surface area contributed by atoms with Crippen LogP contribution in [0.5, 0.6) is 5.75 Å². The first-order valence-electron chi connectivity index (χ1n) is 9.46. The van der Waals surface area contributed by atoms with Crippen molar-refractivity contribution in [2.45, 2.75) is 25.3 Å². The van der Waals surface area contributed by atoms with Crippen LogP contribution in [0.1, 0.15) is 29.6 Å². The van der Waals surface area contributed by atoms with Crippen LogP contribution >= 0.6 is 0 Å². The zero-order chi connectivity index (χ0) is 19.7. The van der Waals surface area contributed by atoms with Gasteiger partial charge >= 0.3 is 5.97 Å². The van der Waals surface area contributed by atoms with Gasteiger partial charge in [-0.05, 0) is 49.9 Å². The van der Waals surface area contributed by atoms with E-state index in [0.717, 1.165) is 31.6 Å². The van der Waals surface area contributed by atoms with E-state index < -0.39 is 12.0 Å². The largest absolute Gasteiger partial charge is 0.494 e. The molecule has 3 heterocycles. The van der Waals surface area contributed by atoms with Gasteiger partial charge in [0.2, 0.25) is 0 Å². The van der Waals surface area contributed by atoms with E-state index in [1.807, 2.05) is 24.3 Å². The summed E-state index contributed by atoms with van der Waals surface area (Å²) < 4.78 is 6.93. The van der Waals surface area contributed by atoms with Gasteiger partial charge in [-0.25, -0.2) is 9.48 Å². The molecule has 1 spiro atoms. The number of rotatable bonds is 4. The van der Waals surface area contributed by atoms with Crippen molar-refractivity contribution in [3.8, 4) is 11.4 Å². The Kier molecular flexibility index (Phi) is 4.80. The molecule has 1 atom stereocenters. The average Bonchev–Trinajstić information content (AvgIpc) is 3.34. The highest BCUT2D eigenvalue weighted by Crippen LogP contribution is 2.42. The number of carboxylic acid groups (broad SMARTS) is 1. The van der Waals surface area contributed by atoms with E-state index in [1.165, 1.54) is 11.1 Å². The van der Waals surface area contributed by atoms with Gasteiger partial charge in [-0.15, -0.1) is 0 Å². The summed E-state index contributed by atoms with van der Waals surface area (Å²) in [4.78, 5) is 26.5. The number of carbonyl (C=O) groups excluding carboxylic acids is 1. The number of aliphatic carboxylic acids is 1. The van der Waals surface area contributed by atoms with E-state index in [1.54, 1.807) is 18.0 Å². The van der Waals surface area contributed by atoms with Gasteiger partial charge in [0.1, 0.15) is 17.5 Å². The molecule has 1 aromatic heterocycles. The highest BCUT2D eigenvalue weighted by molar-refractivity contribution is 5.96. The third kappa shape index (κ3) is 3.24. The summed E-state index contributed by atoms with van der Waals surface area (Å²) in [6, 6.07) is 6.60. The summed E-state index contributed by atoms with van der Waals surface area (Å²) in [5.41, 5.74) is 0.987. The number of para-hydroxylation sites is 2. The van der Waals surface area contributed by atoms with Gasteiger partial charge in [0, 0.05) is 12.7 Å². The summed E-state index contributed by atoms with van der Waals surface area (Å²) in [5, 5.41) is 17.3. The Hall–Kier alpha value is -2.87. The number of amides is 1. The molecule has 2 aliphatic heterocycles. The quantitative estimate of drug-likeness (QED) is 0.830. The molecule has 0 saturated carbocycles. The van der Waals surface area contributed by atoms with Gasteiger partial charge in [-0.1, -0.05) is 12.1 Å². The van der Waals surface area contributed by atoms with Crippen LogP contribution in [-0.2, 0) is 4.79 Å². The fraction of sp³-hybridized carbons (Fsp3) is 0.450. The number of nitrogens with one attached hydrogen (secondary N) is 1. The van der Waals surface area contributed by atoms with E-state index >= 15 is 0 Å². The van der Waals surface area contributed by atoms with Crippen LogP contribution in [-0.4, -0.2) is 64.4 Å². The molecule has 4 rings (SSSR count). The molecule has 8 heteroatoms. The molecule has 2 fully saturated rings. The van der Waals surface area contributed by atoms with Crippen molar-refractivity contribution in [2.24, 2.45) is 5.41 Å². The van der Waals surface area contributed by atoms with Crippen molar-refractivity contribution < 1.29 is 19.4 Å².